The molecular formula is C17H16N4. The summed E-state index contributed by atoms with van der Waals surface area (Å²) in [6.45, 7) is 2.20. The van der Waals surface area contributed by atoms with Gasteiger partial charge in [0.25, 0.3) is 0 Å². The molecule has 4 nitrogen and oxygen atoms in total. The van der Waals surface area contributed by atoms with Crippen LogP contribution in [-0.2, 0) is 0 Å². The minimum Gasteiger partial charge on any atom is -0.316 e. The van der Waals surface area contributed by atoms with Crippen molar-refractivity contribution in [1.29, 1.82) is 0 Å². The van der Waals surface area contributed by atoms with Crippen LogP contribution in [0.5, 0.6) is 0 Å². The highest BCUT2D eigenvalue weighted by atomic mass is 15.1. The molecule has 0 spiro atoms. The predicted molar refractivity (Wildman–Crippen MR) is 81.8 cm³/mol. The van der Waals surface area contributed by atoms with Crippen LogP contribution in [0, 0.1) is 0 Å². The summed E-state index contributed by atoms with van der Waals surface area (Å²) in [5.41, 5.74) is 4.99. The molecule has 2 unspecified atom stereocenters. The molecule has 1 aromatic carbocycles. The molecule has 2 aromatic heterocycles. The lowest BCUT2D eigenvalue weighted by Gasteiger charge is -2.19. The van der Waals surface area contributed by atoms with Gasteiger partial charge in [0.1, 0.15) is 0 Å². The molecule has 1 fully saturated rings. The molecule has 1 aliphatic carbocycles. The van der Waals surface area contributed by atoms with Gasteiger partial charge in [0, 0.05) is 25.5 Å². The third-order valence-corrected chi connectivity index (χ3v) is 4.83. The number of benzene rings is 1. The second-order valence-electron chi connectivity index (χ2n) is 6.08. The van der Waals surface area contributed by atoms with Crippen molar-refractivity contribution in [2.75, 3.05) is 13.1 Å². The van der Waals surface area contributed by atoms with Gasteiger partial charge in [-0.05, 0) is 53.6 Å². The van der Waals surface area contributed by atoms with E-state index in [0.717, 1.165) is 29.9 Å². The minimum absolute atomic E-state index is 0.653. The SMILES string of the molecule is c1ccn(-c2cnc3cc4c(cc3n2)C2CNCC4C2)c1. The van der Waals surface area contributed by atoms with Crippen LogP contribution in [0.4, 0.5) is 0 Å². The first kappa shape index (κ1) is 11.5. The second kappa shape index (κ2) is 4.15. The normalized spacial score (nSPS) is 23.4. The first-order valence-electron chi connectivity index (χ1n) is 7.53. The van der Waals surface area contributed by atoms with Crippen LogP contribution in [0.1, 0.15) is 29.4 Å². The molecule has 1 saturated heterocycles. The van der Waals surface area contributed by atoms with Gasteiger partial charge in [-0.3, -0.25) is 4.98 Å². The van der Waals surface area contributed by atoms with E-state index in [1.807, 2.05) is 35.3 Å². The van der Waals surface area contributed by atoms with E-state index in [9.17, 15) is 0 Å². The van der Waals surface area contributed by atoms with Crippen molar-refractivity contribution in [2.24, 2.45) is 0 Å². The third kappa shape index (κ3) is 1.66. The third-order valence-electron chi connectivity index (χ3n) is 4.83. The van der Waals surface area contributed by atoms with E-state index >= 15 is 0 Å². The smallest absolute Gasteiger partial charge is 0.155 e. The van der Waals surface area contributed by atoms with Crippen molar-refractivity contribution in [1.82, 2.24) is 19.9 Å². The topological polar surface area (TPSA) is 42.7 Å². The maximum absolute atomic E-state index is 4.79. The molecule has 2 aliphatic rings. The lowest BCUT2D eigenvalue weighted by molar-refractivity contribution is 0.454. The first-order chi connectivity index (χ1) is 10.4. The predicted octanol–water partition coefficient (Wildman–Crippen LogP) is 2.59. The van der Waals surface area contributed by atoms with Gasteiger partial charge in [-0.25, -0.2) is 4.98 Å². The molecule has 5 rings (SSSR count). The highest BCUT2D eigenvalue weighted by molar-refractivity contribution is 5.78. The van der Waals surface area contributed by atoms with Gasteiger partial charge in [-0.2, -0.15) is 0 Å². The summed E-state index contributed by atoms with van der Waals surface area (Å²) in [7, 11) is 0. The standard InChI is InChI=1S/C17H16N4/c1-2-4-21(3-1)17-10-19-15-6-13-11-5-12(9-18-8-11)14(13)7-16(15)20-17/h1-4,6-7,10-12,18H,5,8-9H2. The molecule has 104 valence electrons. The molecule has 1 aliphatic heterocycles. The van der Waals surface area contributed by atoms with Gasteiger partial charge < -0.3 is 9.88 Å². The Bertz CT molecular complexity index is 822. The van der Waals surface area contributed by atoms with Gasteiger partial charge >= 0.3 is 0 Å². The summed E-state index contributed by atoms with van der Waals surface area (Å²) < 4.78 is 2.00. The van der Waals surface area contributed by atoms with Crippen LogP contribution in [0.3, 0.4) is 0 Å². The molecule has 0 radical (unpaired) electrons. The van der Waals surface area contributed by atoms with Gasteiger partial charge in [-0.15, -0.1) is 0 Å². The number of aromatic nitrogens is 3. The molecule has 3 aromatic rings. The highest BCUT2D eigenvalue weighted by Gasteiger charge is 2.34. The zero-order chi connectivity index (χ0) is 13.8. The maximum atomic E-state index is 4.79. The monoisotopic (exact) mass is 276 g/mol. The summed E-state index contributed by atoms with van der Waals surface area (Å²) in [4.78, 5) is 9.41. The average Bonchev–Trinajstić information content (AvgIpc) is 3.14. The molecule has 1 N–H and O–H groups in total. The number of fused-ring (bicyclic) bond motifs is 6. The van der Waals surface area contributed by atoms with Crippen molar-refractivity contribution in [2.45, 2.75) is 18.3 Å². The maximum Gasteiger partial charge on any atom is 0.155 e. The molecule has 2 atom stereocenters. The van der Waals surface area contributed by atoms with Crippen LogP contribution < -0.4 is 5.32 Å². The lowest BCUT2D eigenvalue weighted by Crippen LogP contribution is -2.28. The Kier molecular flexibility index (Phi) is 2.26. The van der Waals surface area contributed by atoms with Crippen molar-refractivity contribution in [3.63, 3.8) is 0 Å². The summed E-state index contributed by atoms with van der Waals surface area (Å²) >= 11 is 0. The summed E-state index contributed by atoms with van der Waals surface area (Å²) in [5, 5.41) is 3.54. The zero-order valence-corrected chi connectivity index (χ0v) is 11.7. The van der Waals surface area contributed by atoms with Crippen molar-refractivity contribution in [3.05, 3.63) is 54.0 Å². The molecule has 0 saturated carbocycles. The summed E-state index contributed by atoms with van der Waals surface area (Å²) in [5.74, 6) is 2.20. The Morgan fingerprint density at radius 3 is 2.48 bits per heavy atom. The quantitative estimate of drug-likeness (QED) is 0.743. The van der Waals surface area contributed by atoms with E-state index in [1.54, 1.807) is 0 Å². The Labute approximate surface area is 122 Å². The second-order valence-corrected chi connectivity index (χ2v) is 6.08. The Balaban J connectivity index is 1.70. The van der Waals surface area contributed by atoms with Gasteiger partial charge in [0.2, 0.25) is 0 Å². The largest absolute Gasteiger partial charge is 0.316 e. The Morgan fingerprint density at radius 2 is 1.71 bits per heavy atom. The highest BCUT2D eigenvalue weighted by Crippen LogP contribution is 2.44. The van der Waals surface area contributed by atoms with Gasteiger partial charge in [0.15, 0.2) is 5.82 Å². The first-order valence-corrected chi connectivity index (χ1v) is 7.53. The van der Waals surface area contributed by atoms with Crippen LogP contribution in [0.2, 0.25) is 0 Å². The molecule has 21 heavy (non-hydrogen) atoms. The van der Waals surface area contributed by atoms with Gasteiger partial charge in [0.05, 0.1) is 17.2 Å². The number of nitrogens with one attached hydrogen (secondary N) is 1. The fourth-order valence-corrected chi connectivity index (χ4v) is 3.82. The number of piperidine rings is 1. The van der Waals surface area contributed by atoms with E-state index in [4.69, 9.17) is 4.98 Å². The van der Waals surface area contributed by atoms with E-state index in [1.165, 1.54) is 17.5 Å². The van der Waals surface area contributed by atoms with E-state index in [2.05, 4.69) is 22.4 Å². The molecule has 3 heterocycles. The minimum atomic E-state index is 0.653. The van der Waals surface area contributed by atoms with Crippen molar-refractivity contribution in [3.8, 4) is 5.82 Å². The molecule has 0 amide bonds. The van der Waals surface area contributed by atoms with Crippen LogP contribution in [0.25, 0.3) is 16.9 Å². The summed E-state index contributed by atoms with van der Waals surface area (Å²) in [6, 6.07) is 8.53. The van der Waals surface area contributed by atoms with Crippen LogP contribution in [0.15, 0.2) is 42.9 Å². The van der Waals surface area contributed by atoms with Crippen LogP contribution in [-0.4, -0.2) is 27.6 Å². The number of hydrogen-bond donors (Lipinski definition) is 1. The van der Waals surface area contributed by atoms with Gasteiger partial charge in [-0.1, -0.05) is 0 Å². The van der Waals surface area contributed by atoms with Crippen molar-refractivity contribution >= 4 is 11.0 Å². The van der Waals surface area contributed by atoms with E-state index in [-0.39, 0.29) is 0 Å². The molecule has 2 bridgehead atoms. The number of hydrogen-bond acceptors (Lipinski definition) is 3. The molecule has 4 heteroatoms. The Hall–Kier alpha value is -2.20. The number of rotatable bonds is 1. The zero-order valence-electron chi connectivity index (χ0n) is 11.7. The van der Waals surface area contributed by atoms with Crippen molar-refractivity contribution < 1.29 is 0 Å². The Morgan fingerprint density at radius 1 is 1.00 bits per heavy atom. The summed E-state index contributed by atoms with van der Waals surface area (Å²) in [6.07, 6.45) is 7.14. The lowest BCUT2D eigenvalue weighted by atomic mass is 9.98. The average molecular weight is 276 g/mol. The van der Waals surface area contributed by atoms with E-state index < -0.39 is 0 Å². The fraction of sp³-hybridized carbons (Fsp3) is 0.294. The van der Waals surface area contributed by atoms with E-state index in [0.29, 0.717) is 11.8 Å². The molecular weight excluding hydrogens is 260 g/mol. The van der Waals surface area contributed by atoms with Crippen LogP contribution >= 0.6 is 0 Å². The number of nitrogens with zero attached hydrogens (tertiary/aromatic N) is 3. The fourth-order valence-electron chi connectivity index (χ4n) is 3.82.